The Balaban J connectivity index is 2.40. The molecular formula is C13H25N3O4. The minimum Gasteiger partial charge on any atom is -0.480 e. The Bertz CT molecular complexity index is 328. The van der Waals surface area contributed by atoms with Crippen LogP contribution >= 0.6 is 0 Å². The summed E-state index contributed by atoms with van der Waals surface area (Å²) in [5.74, 6) is -0.526. The molecule has 3 N–H and O–H groups in total. The fourth-order valence-electron chi connectivity index (χ4n) is 2.28. The molecule has 0 bridgehead atoms. The molecule has 7 nitrogen and oxygen atoms in total. The summed E-state index contributed by atoms with van der Waals surface area (Å²) < 4.78 is 0. The molecule has 1 saturated heterocycles. The average Bonchev–Trinajstić information content (AvgIpc) is 2.38. The second-order valence-corrected chi connectivity index (χ2v) is 5.53. The Hall–Kier alpha value is -1.34. The second-order valence-electron chi connectivity index (χ2n) is 5.53. The van der Waals surface area contributed by atoms with Crippen LogP contribution in [0, 0.1) is 5.92 Å². The fourth-order valence-corrected chi connectivity index (χ4v) is 2.28. The van der Waals surface area contributed by atoms with Gasteiger partial charge in [-0.2, -0.15) is 0 Å². The summed E-state index contributed by atoms with van der Waals surface area (Å²) >= 11 is 0. The first-order chi connectivity index (χ1) is 9.43. The maximum atomic E-state index is 12.0. The molecule has 0 saturated carbocycles. The minimum absolute atomic E-state index is 0.0222. The molecule has 0 radical (unpaired) electrons. The number of rotatable bonds is 6. The number of carbonyl (C=O) groups excluding carboxylic acids is 1. The van der Waals surface area contributed by atoms with E-state index in [-0.39, 0.29) is 19.1 Å². The van der Waals surface area contributed by atoms with Gasteiger partial charge in [-0.25, -0.2) is 9.59 Å². The van der Waals surface area contributed by atoms with Gasteiger partial charge in [-0.05, 0) is 5.92 Å². The van der Waals surface area contributed by atoms with Crippen molar-refractivity contribution in [3.63, 3.8) is 0 Å². The standard InChI is InChI=1S/C13H25N3O4/c1-10(2)9-15-4-6-16(7-5-15)13(20)14-11(3-8-17)12(18)19/h10-11,17H,3-9H2,1-2H3,(H,14,20)(H,18,19)/t11-/m0/s1. The number of carboxylic acids is 1. The van der Waals surface area contributed by atoms with Crippen LogP contribution in [0.5, 0.6) is 0 Å². The lowest BCUT2D eigenvalue weighted by Crippen LogP contribution is -2.55. The van der Waals surface area contributed by atoms with E-state index in [4.69, 9.17) is 10.2 Å². The summed E-state index contributed by atoms with van der Waals surface area (Å²) in [5, 5.41) is 20.2. The maximum Gasteiger partial charge on any atom is 0.326 e. The molecule has 0 unspecified atom stereocenters. The monoisotopic (exact) mass is 287 g/mol. The van der Waals surface area contributed by atoms with Gasteiger partial charge in [0, 0.05) is 45.8 Å². The third-order valence-electron chi connectivity index (χ3n) is 3.30. The highest BCUT2D eigenvalue weighted by Gasteiger charge is 2.25. The highest BCUT2D eigenvalue weighted by Crippen LogP contribution is 2.06. The molecule has 1 atom stereocenters. The quantitative estimate of drug-likeness (QED) is 0.629. The topological polar surface area (TPSA) is 93.1 Å². The van der Waals surface area contributed by atoms with Gasteiger partial charge in [0.15, 0.2) is 0 Å². The number of carbonyl (C=O) groups is 2. The fraction of sp³-hybridized carbons (Fsp3) is 0.846. The van der Waals surface area contributed by atoms with E-state index in [2.05, 4.69) is 24.1 Å². The van der Waals surface area contributed by atoms with Crippen LogP contribution in [0.25, 0.3) is 0 Å². The van der Waals surface area contributed by atoms with E-state index >= 15 is 0 Å². The van der Waals surface area contributed by atoms with E-state index in [0.717, 1.165) is 19.6 Å². The summed E-state index contributed by atoms with van der Waals surface area (Å²) in [6.07, 6.45) is 0.0222. The van der Waals surface area contributed by atoms with Crippen molar-refractivity contribution in [3.8, 4) is 0 Å². The number of hydrogen-bond acceptors (Lipinski definition) is 4. The number of aliphatic hydroxyl groups is 1. The predicted molar refractivity (Wildman–Crippen MR) is 74.5 cm³/mol. The van der Waals surface area contributed by atoms with Crippen molar-refractivity contribution in [1.29, 1.82) is 0 Å². The third-order valence-corrected chi connectivity index (χ3v) is 3.30. The van der Waals surface area contributed by atoms with E-state index in [9.17, 15) is 9.59 Å². The predicted octanol–water partition coefficient (Wildman–Crippen LogP) is -0.195. The molecule has 116 valence electrons. The molecular weight excluding hydrogens is 262 g/mol. The lowest BCUT2D eigenvalue weighted by atomic mass is 10.2. The van der Waals surface area contributed by atoms with Gasteiger partial charge in [0.1, 0.15) is 6.04 Å². The van der Waals surface area contributed by atoms with Gasteiger partial charge in [-0.15, -0.1) is 0 Å². The molecule has 1 heterocycles. The molecule has 20 heavy (non-hydrogen) atoms. The lowest BCUT2D eigenvalue weighted by molar-refractivity contribution is -0.139. The molecule has 7 heteroatoms. The Morgan fingerprint density at radius 1 is 1.20 bits per heavy atom. The summed E-state index contributed by atoms with van der Waals surface area (Å²) in [7, 11) is 0. The molecule has 1 aliphatic heterocycles. The highest BCUT2D eigenvalue weighted by atomic mass is 16.4. The van der Waals surface area contributed by atoms with Crippen molar-refractivity contribution in [2.75, 3.05) is 39.3 Å². The van der Waals surface area contributed by atoms with E-state index in [1.807, 2.05) is 0 Å². The van der Waals surface area contributed by atoms with Crippen molar-refractivity contribution in [3.05, 3.63) is 0 Å². The van der Waals surface area contributed by atoms with Crippen LogP contribution in [0.2, 0.25) is 0 Å². The number of piperazine rings is 1. The molecule has 0 aliphatic carbocycles. The summed E-state index contributed by atoms with van der Waals surface area (Å²) in [6, 6.07) is -1.39. The smallest absolute Gasteiger partial charge is 0.326 e. The summed E-state index contributed by atoms with van der Waals surface area (Å²) in [5.41, 5.74) is 0. The number of urea groups is 1. The third kappa shape index (κ3) is 5.34. The van der Waals surface area contributed by atoms with Crippen LogP contribution in [-0.2, 0) is 4.79 Å². The van der Waals surface area contributed by atoms with Gasteiger partial charge in [0.2, 0.25) is 0 Å². The molecule has 1 fully saturated rings. The van der Waals surface area contributed by atoms with Crippen molar-refractivity contribution < 1.29 is 19.8 Å². The molecule has 2 amide bonds. The van der Waals surface area contributed by atoms with E-state index in [1.54, 1.807) is 4.90 Å². The Kier molecular flexibility index (Phi) is 6.74. The number of amides is 2. The minimum atomic E-state index is -1.12. The Labute approximate surface area is 119 Å². The molecule has 0 aromatic heterocycles. The van der Waals surface area contributed by atoms with E-state index in [0.29, 0.717) is 19.0 Å². The lowest BCUT2D eigenvalue weighted by Gasteiger charge is -2.35. The van der Waals surface area contributed by atoms with Crippen molar-refractivity contribution >= 4 is 12.0 Å². The zero-order valence-electron chi connectivity index (χ0n) is 12.2. The average molecular weight is 287 g/mol. The number of carboxylic acid groups (broad SMARTS) is 1. The summed E-state index contributed by atoms with van der Waals surface area (Å²) in [6.45, 7) is 7.88. The van der Waals surface area contributed by atoms with Gasteiger partial charge in [-0.3, -0.25) is 4.90 Å². The van der Waals surface area contributed by atoms with Crippen molar-refractivity contribution in [2.45, 2.75) is 26.3 Å². The molecule has 0 spiro atoms. The van der Waals surface area contributed by atoms with Crippen LogP contribution in [-0.4, -0.2) is 77.4 Å². The van der Waals surface area contributed by atoms with E-state index in [1.165, 1.54) is 0 Å². The number of nitrogens with one attached hydrogen (secondary N) is 1. The normalized spacial score (nSPS) is 18.1. The van der Waals surface area contributed by atoms with Crippen LogP contribution in [0.15, 0.2) is 0 Å². The summed E-state index contributed by atoms with van der Waals surface area (Å²) in [4.78, 5) is 26.8. The molecule has 0 aromatic carbocycles. The van der Waals surface area contributed by atoms with Gasteiger partial charge in [-0.1, -0.05) is 13.8 Å². The number of nitrogens with zero attached hydrogens (tertiary/aromatic N) is 2. The zero-order valence-corrected chi connectivity index (χ0v) is 12.2. The van der Waals surface area contributed by atoms with Crippen LogP contribution in [0.4, 0.5) is 4.79 Å². The van der Waals surface area contributed by atoms with Crippen LogP contribution < -0.4 is 5.32 Å². The first-order valence-corrected chi connectivity index (χ1v) is 7.05. The molecule has 1 rings (SSSR count). The first kappa shape index (κ1) is 16.7. The second kappa shape index (κ2) is 8.06. The Morgan fingerprint density at radius 3 is 2.25 bits per heavy atom. The number of hydrogen-bond donors (Lipinski definition) is 3. The van der Waals surface area contributed by atoms with Gasteiger partial charge < -0.3 is 20.4 Å². The number of aliphatic carboxylic acids is 1. The SMILES string of the molecule is CC(C)CN1CCN(C(=O)N[C@@H](CCO)C(=O)O)CC1. The van der Waals surface area contributed by atoms with Crippen LogP contribution in [0.3, 0.4) is 0 Å². The largest absolute Gasteiger partial charge is 0.480 e. The van der Waals surface area contributed by atoms with Crippen molar-refractivity contribution in [1.82, 2.24) is 15.1 Å². The zero-order chi connectivity index (χ0) is 15.1. The van der Waals surface area contributed by atoms with E-state index < -0.39 is 12.0 Å². The van der Waals surface area contributed by atoms with Crippen molar-refractivity contribution in [2.24, 2.45) is 5.92 Å². The Morgan fingerprint density at radius 2 is 1.80 bits per heavy atom. The number of aliphatic hydroxyl groups excluding tert-OH is 1. The van der Waals surface area contributed by atoms with Gasteiger partial charge >= 0.3 is 12.0 Å². The maximum absolute atomic E-state index is 12.0. The first-order valence-electron chi connectivity index (χ1n) is 7.05. The highest BCUT2D eigenvalue weighted by molar-refractivity contribution is 5.82. The van der Waals surface area contributed by atoms with Gasteiger partial charge in [0.25, 0.3) is 0 Å². The van der Waals surface area contributed by atoms with Gasteiger partial charge in [0.05, 0.1) is 0 Å². The van der Waals surface area contributed by atoms with Crippen LogP contribution in [0.1, 0.15) is 20.3 Å². The molecule has 0 aromatic rings. The molecule has 1 aliphatic rings.